The molecule has 2 aromatic rings. The summed E-state index contributed by atoms with van der Waals surface area (Å²) in [5.74, 6) is 0.941. The van der Waals surface area contributed by atoms with E-state index in [0.717, 1.165) is 28.6 Å². The second-order valence-electron chi connectivity index (χ2n) is 5.03. The van der Waals surface area contributed by atoms with Crippen LogP contribution in [0.25, 0.3) is 0 Å². The van der Waals surface area contributed by atoms with E-state index in [1.807, 2.05) is 30.3 Å². The first-order chi connectivity index (χ1) is 10.2. The molecule has 0 aliphatic carbocycles. The Morgan fingerprint density at radius 2 is 1.90 bits per heavy atom. The predicted octanol–water partition coefficient (Wildman–Crippen LogP) is 4.17. The fraction of sp³-hybridized carbons (Fsp3) is 0.294. The molecule has 4 heteroatoms. The average molecular weight is 352 g/mol. The fourth-order valence-corrected chi connectivity index (χ4v) is 2.44. The SMILES string of the molecule is NCC(CCOc1ccc(Br)cc1)Cc1cccc(F)c1. The van der Waals surface area contributed by atoms with Crippen LogP contribution in [0.15, 0.2) is 53.0 Å². The summed E-state index contributed by atoms with van der Waals surface area (Å²) >= 11 is 3.39. The molecule has 0 saturated heterocycles. The quantitative estimate of drug-likeness (QED) is 0.812. The highest BCUT2D eigenvalue weighted by Crippen LogP contribution is 2.18. The third-order valence-electron chi connectivity index (χ3n) is 3.36. The Balaban J connectivity index is 1.81. The van der Waals surface area contributed by atoms with Crippen molar-refractivity contribution in [2.45, 2.75) is 12.8 Å². The van der Waals surface area contributed by atoms with E-state index in [4.69, 9.17) is 10.5 Å². The number of hydrogen-bond donors (Lipinski definition) is 1. The van der Waals surface area contributed by atoms with E-state index in [9.17, 15) is 4.39 Å². The molecule has 0 radical (unpaired) electrons. The lowest BCUT2D eigenvalue weighted by Gasteiger charge is -2.15. The van der Waals surface area contributed by atoms with Crippen molar-refractivity contribution in [2.24, 2.45) is 11.7 Å². The van der Waals surface area contributed by atoms with Gasteiger partial charge in [0, 0.05) is 4.47 Å². The summed E-state index contributed by atoms with van der Waals surface area (Å²) in [6.45, 7) is 1.18. The van der Waals surface area contributed by atoms with Gasteiger partial charge >= 0.3 is 0 Å². The topological polar surface area (TPSA) is 35.2 Å². The zero-order valence-corrected chi connectivity index (χ0v) is 13.4. The van der Waals surface area contributed by atoms with E-state index in [1.165, 1.54) is 6.07 Å². The van der Waals surface area contributed by atoms with Crippen molar-refractivity contribution in [3.8, 4) is 5.75 Å². The summed E-state index contributed by atoms with van der Waals surface area (Å²) in [5, 5.41) is 0. The van der Waals surface area contributed by atoms with Gasteiger partial charge in [-0.1, -0.05) is 28.1 Å². The summed E-state index contributed by atoms with van der Waals surface area (Å²) in [5.41, 5.74) is 6.78. The first-order valence-electron chi connectivity index (χ1n) is 7.00. The van der Waals surface area contributed by atoms with Crippen LogP contribution in [0.4, 0.5) is 4.39 Å². The van der Waals surface area contributed by atoms with E-state index < -0.39 is 0 Å². The number of hydrogen-bond acceptors (Lipinski definition) is 2. The van der Waals surface area contributed by atoms with E-state index in [-0.39, 0.29) is 5.82 Å². The fourth-order valence-electron chi connectivity index (χ4n) is 2.17. The van der Waals surface area contributed by atoms with Crippen LogP contribution in [-0.4, -0.2) is 13.2 Å². The van der Waals surface area contributed by atoms with E-state index in [1.54, 1.807) is 12.1 Å². The lowest BCUT2D eigenvalue weighted by molar-refractivity contribution is 0.279. The van der Waals surface area contributed by atoms with Crippen molar-refractivity contribution in [3.63, 3.8) is 0 Å². The molecule has 2 N–H and O–H groups in total. The zero-order chi connectivity index (χ0) is 15.1. The molecule has 0 fully saturated rings. The molecule has 1 atom stereocenters. The van der Waals surface area contributed by atoms with Gasteiger partial charge in [0.15, 0.2) is 0 Å². The number of benzene rings is 2. The number of rotatable bonds is 7. The molecule has 0 aromatic heterocycles. The van der Waals surface area contributed by atoms with Gasteiger partial charge in [-0.05, 0) is 67.3 Å². The molecule has 0 saturated carbocycles. The van der Waals surface area contributed by atoms with Gasteiger partial charge in [0.1, 0.15) is 11.6 Å². The summed E-state index contributed by atoms with van der Waals surface area (Å²) in [7, 11) is 0. The minimum atomic E-state index is -0.200. The molecular formula is C17H19BrFNO. The van der Waals surface area contributed by atoms with Crippen molar-refractivity contribution in [1.29, 1.82) is 0 Å². The van der Waals surface area contributed by atoms with Crippen LogP contribution in [0.3, 0.4) is 0 Å². The van der Waals surface area contributed by atoms with Crippen LogP contribution in [0.1, 0.15) is 12.0 Å². The minimum Gasteiger partial charge on any atom is -0.494 e. The summed E-state index contributed by atoms with van der Waals surface area (Å²) in [4.78, 5) is 0. The normalized spacial score (nSPS) is 12.1. The van der Waals surface area contributed by atoms with Gasteiger partial charge in [0.2, 0.25) is 0 Å². The monoisotopic (exact) mass is 351 g/mol. The highest BCUT2D eigenvalue weighted by molar-refractivity contribution is 9.10. The Morgan fingerprint density at radius 3 is 2.57 bits per heavy atom. The molecule has 0 aliphatic heterocycles. The van der Waals surface area contributed by atoms with Crippen LogP contribution < -0.4 is 10.5 Å². The molecule has 0 heterocycles. The number of nitrogens with two attached hydrogens (primary N) is 1. The molecule has 1 unspecified atom stereocenters. The highest BCUT2D eigenvalue weighted by Gasteiger charge is 2.09. The Morgan fingerprint density at radius 1 is 1.14 bits per heavy atom. The average Bonchev–Trinajstić information content (AvgIpc) is 2.48. The van der Waals surface area contributed by atoms with Crippen LogP contribution in [0.5, 0.6) is 5.75 Å². The first kappa shape index (κ1) is 16.0. The van der Waals surface area contributed by atoms with Gasteiger partial charge in [-0.25, -0.2) is 4.39 Å². The van der Waals surface area contributed by atoms with Crippen molar-refractivity contribution in [3.05, 3.63) is 64.4 Å². The zero-order valence-electron chi connectivity index (χ0n) is 11.8. The third-order valence-corrected chi connectivity index (χ3v) is 3.88. The second kappa shape index (κ2) is 8.15. The number of halogens is 2. The Bertz CT molecular complexity index is 559. The molecule has 0 spiro atoms. The maximum Gasteiger partial charge on any atom is 0.123 e. The van der Waals surface area contributed by atoms with Crippen molar-refractivity contribution >= 4 is 15.9 Å². The van der Waals surface area contributed by atoms with Crippen LogP contribution in [-0.2, 0) is 6.42 Å². The first-order valence-corrected chi connectivity index (χ1v) is 7.79. The lowest BCUT2D eigenvalue weighted by Crippen LogP contribution is -2.19. The molecule has 2 nitrogen and oxygen atoms in total. The van der Waals surface area contributed by atoms with Crippen LogP contribution in [0.2, 0.25) is 0 Å². The number of ether oxygens (including phenoxy) is 1. The van der Waals surface area contributed by atoms with Gasteiger partial charge < -0.3 is 10.5 Å². The van der Waals surface area contributed by atoms with Crippen molar-refractivity contribution in [1.82, 2.24) is 0 Å². The van der Waals surface area contributed by atoms with Gasteiger partial charge in [0.25, 0.3) is 0 Å². The molecule has 0 bridgehead atoms. The molecule has 0 amide bonds. The van der Waals surface area contributed by atoms with Crippen LogP contribution in [0, 0.1) is 11.7 Å². The van der Waals surface area contributed by atoms with Crippen molar-refractivity contribution in [2.75, 3.05) is 13.2 Å². The Hall–Kier alpha value is -1.39. The molecule has 112 valence electrons. The Kier molecular flexibility index (Phi) is 6.21. The van der Waals surface area contributed by atoms with E-state index in [2.05, 4.69) is 15.9 Å². The molecule has 0 aliphatic rings. The summed E-state index contributed by atoms with van der Waals surface area (Å²) < 4.78 is 19.9. The summed E-state index contributed by atoms with van der Waals surface area (Å²) in [6, 6.07) is 14.4. The van der Waals surface area contributed by atoms with Gasteiger partial charge in [-0.15, -0.1) is 0 Å². The van der Waals surface area contributed by atoms with Crippen LogP contribution >= 0.6 is 15.9 Å². The van der Waals surface area contributed by atoms with Gasteiger partial charge in [0.05, 0.1) is 6.61 Å². The maximum absolute atomic E-state index is 13.2. The molecular weight excluding hydrogens is 333 g/mol. The smallest absolute Gasteiger partial charge is 0.123 e. The molecule has 2 aromatic carbocycles. The highest BCUT2D eigenvalue weighted by atomic mass is 79.9. The summed E-state index contributed by atoms with van der Waals surface area (Å²) in [6.07, 6.45) is 1.63. The third kappa shape index (κ3) is 5.48. The molecule has 21 heavy (non-hydrogen) atoms. The molecule has 2 rings (SSSR count). The standard InChI is InChI=1S/C17H19BrFNO/c18-15-4-6-17(7-5-15)21-9-8-14(12-20)10-13-2-1-3-16(19)11-13/h1-7,11,14H,8-10,12,20H2. The minimum absolute atomic E-state index is 0.200. The van der Waals surface area contributed by atoms with E-state index >= 15 is 0 Å². The predicted molar refractivity (Wildman–Crippen MR) is 86.9 cm³/mol. The second-order valence-corrected chi connectivity index (χ2v) is 5.94. The van der Waals surface area contributed by atoms with Crippen molar-refractivity contribution < 1.29 is 9.13 Å². The Labute approximate surface area is 133 Å². The largest absolute Gasteiger partial charge is 0.494 e. The van der Waals surface area contributed by atoms with E-state index in [0.29, 0.717) is 19.1 Å². The van der Waals surface area contributed by atoms with Gasteiger partial charge in [-0.3, -0.25) is 0 Å². The lowest BCUT2D eigenvalue weighted by atomic mass is 9.96. The van der Waals surface area contributed by atoms with Gasteiger partial charge in [-0.2, -0.15) is 0 Å². The maximum atomic E-state index is 13.2.